The largest absolute Gasteiger partial charge is 0.494 e. The summed E-state index contributed by atoms with van der Waals surface area (Å²) in [5.74, 6) is 1.44. The number of carbonyl (C=O) groups excluding carboxylic acids is 1. The fourth-order valence-corrected chi connectivity index (χ4v) is 2.62. The Morgan fingerprint density at radius 1 is 1.15 bits per heavy atom. The maximum Gasteiger partial charge on any atom is 0.319 e. The number of urea groups is 1. The van der Waals surface area contributed by atoms with Crippen molar-refractivity contribution in [3.05, 3.63) is 60.4 Å². The van der Waals surface area contributed by atoms with Crippen molar-refractivity contribution in [1.29, 1.82) is 0 Å². The second kappa shape index (κ2) is 8.40. The zero-order chi connectivity index (χ0) is 18.4. The molecule has 3 aromatic rings. The van der Waals surface area contributed by atoms with Crippen molar-refractivity contribution in [3.8, 4) is 5.75 Å². The number of furan rings is 1. The summed E-state index contributed by atoms with van der Waals surface area (Å²) >= 11 is 0. The number of nitrogens with one attached hydrogen (secondary N) is 2. The summed E-state index contributed by atoms with van der Waals surface area (Å²) in [4.78, 5) is 12.1. The first-order chi connectivity index (χ1) is 12.7. The summed E-state index contributed by atoms with van der Waals surface area (Å²) in [6.45, 7) is 2.82. The van der Waals surface area contributed by atoms with Gasteiger partial charge in [-0.2, -0.15) is 0 Å². The number of carbonyl (C=O) groups is 1. The molecule has 136 valence electrons. The molecule has 0 radical (unpaired) electrons. The lowest BCUT2D eigenvalue weighted by Gasteiger charge is -2.14. The van der Waals surface area contributed by atoms with Crippen LogP contribution < -0.4 is 15.4 Å². The van der Waals surface area contributed by atoms with E-state index in [9.17, 15) is 4.79 Å². The van der Waals surface area contributed by atoms with Gasteiger partial charge < -0.3 is 24.5 Å². The standard InChI is InChI=1S/C20H22N2O4/c1-3-25-16-10-8-15(9-11-16)22-20(23)21-13-19(24-2)18-12-14-6-4-5-7-17(14)26-18/h4-12,19H,3,13H2,1-2H3,(H2,21,22,23). The molecule has 0 spiro atoms. The molecule has 6 heteroatoms. The maximum atomic E-state index is 12.1. The minimum absolute atomic E-state index is 0.291. The van der Waals surface area contributed by atoms with Crippen molar-refractivity contribution in [2.24, 2.45) is 0 Å². The number of anilines is 1. The van der Waals surface area contributed by atoms with Crippen LogP contribution in [0.2, 0.25) is 0 Å². The van der Waals surface area contributed by atoms with E-state index < -0.39 is 0 Å². The molecule has 6 nitrogen and oxygen atoms in total. The van der Waals surface area contributed by atoms with Gasteiger partial charge in [0.1, 0.15) is 23.2 Å². The molecule has 3 rings (SSSR count). The van der Waals surface area contributed by atoms with Gasteiger partial charge in [0.15, 0.2) is 0 Å². The van der Waals surface area contributed by atoms with E-state index in [2.05, 4.69) is 10.6 Å². The number of ether oxygens (including phenoxy) is 2. The normalized spacial score (nSPS) is 11.9. The Labute approximate surface area is 152 Å². The van der Waals surface area contributed by atoms with Gasteiger partial charge in [0, 0.05) is 18.2 Å². The van der Waals surface area contributed by atoms with Gasteiger partial charge in [0.05, 0.1) is 13.2 Å². The number of amides is 2. The van der Waals surface area contributed by atoms with Crippen LogP contribution in [0, 0.1) is 0 Å². The lowest BCUT2D eigenvalue weighted by molar-refractivity contribution is 0.0870. The van der Waals surface area contributed by atoms with E-state index in [1.165, 1.54) is 0 Å². The third-order valence-electron chi connectivity index (χ3n) is 3.92. The molecule has 1 aromatic heterocycles. The van der Waals surface area contributed by atoms with Gasteiger partial charge in [-0.05, 0) is 43.3 Å². The number of benzene rings is 2. The molecule has 0 aliphatic heterocycles. The van der Waals surface area contributed by atoms with Crippen molar-refractivity contribution in [3.63, 3.8) is 0 Å². The average molecular weight is 354 g/mol. The summed E-state index contributed by atoms with van der Waals surface area (Å²) in [6.07, 6.45) is -0.367. The molecule has 0 fully saturated rings. The van der Waals surface area contributed by atoms with Crippen LogP contribution in [0.3, 0.4) is 0 Å². The maximum absolute atomic E-state index is 12.1. The monoisotopic (exact) mass is 354 g/mol. The van der Waals surface area contributed by atoms with Crippen LogP contribution in [0.5, 0.6) is 5.75 Å². The van der Waals surface area contributed by atoms with Crippen LogP contribution in [0.4, 0.5) is 10.5 Å². The number of hydrogen-bond acceptors (Lipinski definition) is 4. The highest BCUT2D eigenvalue weighted by Gasteiger charge is 2.17. The van der Waals surface area contributed by atoms with Crippen LogP contribution in [-0.2, 0) is 4.74 Å². The van der Waals surface area contributed by atoms with Gasteiger partial charge in [-0.3, -0.25) is 0 Å². The summed E-state index contributed by atoms with van der Waals surface area (Å²) in [5.41, 5.74) is 1.48. The highest BCUT2D eigenvalue weighted by Crippen LogP contribution is 2.25. The molecule has 1 unspecified atom stereocenters. The number of methoxy groups -OCH3 is 1. The van der Waals surface area contributed by atoms with Gasteiger partial charge in [-0.25, -0.2) is 4.79 Å². The molecular weight excluding hydrogens is 332 g/mol. The van der Waals surface area contributed by atoms with Crippen molar-refractivity contribution < 1.29 is 18.7 Å². The predicted molar refractivity (Wildman–Crippen MR) is 101 cm³/mol. The zero-order valence-corrected chi connectivity index (χ0v) is 14.8. The molecule has 1 heterocycles. The Morgan fingerprint density at radius 3 is 2.62 bits per heavy atom. The van der Waals surface area contributed by atoms with E-state index in [0.29, 0.717) is 24.6 Å². The number of para-hydroxylation sites is 1. The summed E-state index contributed by atoms with van der Waals surface area (Å²) in [5, 5.41) is 6.58. The molecule has 2 N–H and O–H groups in total. The van der Waals surface area contributed by atoms with E-state index in [0.717, 1.165) is 16.7 Å². The van der Waals surface area contributed by atoms with Gasteiger partial charge in [-0.1, -0.05) is 18.2 Å². The Hall–Kier alpha value is -2.99. The lowest BCUT2D eigenvalue weighted by Crippen LogP contribution is -2.32. The first kappa shape index (κ1) is 17.8. The Morgan fingerprint density at radius 2 is 1.92 bits per heavy atom. The number of rotatable bonds is 7. The van der Waals surface area contributed by atoms with E-state index in [1.54, 1.807) is 19.2 Å². The zero-order valence-electron chi connectivity index (χ0n) is 14.8. The molecule has 0 saturated carbocycles. The first-order valence-electron chi connectivity index (χ1n) is 8.48. The minimum Gasteiger partial charge on any atom is -0.494 e. The van der Waals surface area contributed by atoms with E-state index >= 15 is 0 Å². The Kier molecular flexibility index (Phi) is 5.76. The lowest BCUT2D eigenvalue weighted by atomic mass is 10.2. The molecule has 26 heavy (non-hydrogen) atoms. The molecule has 0 aliphatic carbocycles. The third kappa shape index (κ3) is 4.34. The van der Waals surface area contributed by atoms with Gasteiger partial charge in [-0.15, -0.1) is 0 Å². The summed E-state index contributed by atoms with van der Waals surface area (Å²) < 4.78 is 16.6. The van der Waals surface area contributed by atoms with Crippen molar-refractivity contribution >= 4 is 22.7 Å². The van der Waals surface area contributed by atoms with Crippen molar-refractivity contribution in [2.45, 2.75) is 13.0 Å². The van der Waals surface area contributed by atoms with Crippen molar-refractivity contribution in [2.75, 3.05) is 25.6 Å². The van der Waals surface area contributed by atoms with Gasteiger partial charge in [0.2, 0.25) is 0 Å². The predicted octanol–water partition coefficient (Wildman–Crippen LogP) is 4.34. The quantitative estimate of drug-likeness (QED) is 0.662. The van der Waals surface area contributed by atoms with Crippen LogP contribution in [0.15, 0.2) is 59.0 Å². The molecule has 0 saturated heterocycles. The van der Waals surface area contributed by atoms with Crippen LogP contribution >= 0.6 is 0 Å². The molecule has 0 bridgehead atoms. The third-order valence-corrected chi connectivity index (χ3v) is 3.92. The fraction of sp³-hybridized carbons (Fsp3) is 0.250. The number of hydrogen-bond donors (Lipinski definition) is 2. The highest BCUT2D eigenvalue weighted by atomic mass is 16.5. The summed E-state index contributed by atoms with van der Waals surface area (Å²) in [6, 6.07) is 16.6. The molecule has 2 aromatic carbocycles. The molecule has 0 aliphatic rings. The highest BCUT2D eigenvalue weighted by molar-refractivity contribution is 5.89. The Balaban J connectivity index is 1.56. The van der Waals surface area contributed by atoms with Crippen molar-refractivity contribution in [1.82, 2.24) is 5.32 Å². The second-order valence-corrected chi connectivity index (χ2v) is 5.70. The van der Waals surface area contributed by atoms with E-state index in [1.807, 2.05) is 49.4 Å². The SMILES string of the molecule is CCOc1ccc(NC(=O)NCC(OC)c2cc3ccccc3o2)cc1. The Bertz CT molecular complexity index is 825. The number of fused-ring (bicyclic) bond motifs is 1. The molecule has 2 amide bonds. The second-order valence-electron chi connectivity index (χ2n) is 5.70. The fourth-order valence-electron chi connectivity index (χ4n) is 2.62. The van der Waals surface area contributed by atoms with Crippen LogP contribution in [0.25, 0.3) is 11.0 Å². The van der Waals surface area contributed by atoms with Gasteiger partial charge in [0.25, 0.3) is 0 Å². The van der Waals surface area contributed by atoms with Gasteiger partial charge >= 0.3 is 6.03 Å². The van der Waals surface area contributed by atoms with Crippen LogP contribution in [0.1, 0.15) is 18.8 Å². The average Bonchev–Trinajstić information content (AvgIpc) is 3.08. The topological polar surface area (TPSA) is 72.7 Å². The van der Waals surface area contributed by atoms with E-state index in [4.69, 9.17) is 13.9 Å². The first-order valence-corrected chi connectivity index (χ1v) is 8.48. The van der Waals surface area contributed by atoms with Crippen LogP contribution in [-0.4, -0.2) is 26.3 Å². The summed E-state index contributed by atoms with van der Waals surface area (Å²) in [7, 11) is 1.59. The molecular formula is C20H22N2O4. The molecule has 1 atom stereocenters. The smallest absolute Gasteiger partial charge is 0.319 e. The minimum atomic E-state index is -0.367. The van der Waals surface area contributed by atoms with E-state index in [-0.39, 0.29) is 12.1 Å².